The second kappa shape index (κ2) is 7.29. The lowest BCUT2D eigenvalue weighted by Crippen LogP contribution is -2.38. The number of nitrogens with zero attached hydrogens (tertiary/aromatic N) is 2. The van der Waals surface area contributed by atoms with Gasteiger partial charge < -0.3 is 11.1 Å². The third-order valence-corrected chi connectivity index (χ3v) is 2.36. The monoisotopic (exact) mass is 260 g/mol. The van der Waals surface area contributed by atoms with Crippen molar-refractivity contribution in [1.29, 1.82) is 0 Å². The molecule has 0 aliphatic heterocycles. The highest BCUT2D eigenvalue weighted by molar-refractivity contribution is 5.85. The fourth-order valence-corrected chi connectivity index (χ4v) is 1.50. The topological polar surface area (TPSA) is 72.9 Å². The summed E-state index contributed by atoms with van der Waals surface area (Å²) in [7, 11) is 0. The van der Waals surface area contributed by atoms with Gasteiger partial charge in [-0.1, -0.05) is 0 Å². The molecule has 1 rings (SSSR count). The molecule has 0 radical (unpaired) electrons. The van der Waals surface area contributed by atoms with Crippen LogP contribution in [0, 0.1) is 13.8 Å². The molecule has 1 aromatic rings. The smallest absolute Gasteiger partial charge is 0.236 e. The van der Waals surface area contributed by atoms with Crippen LogP contribution in [0.1, 0.15) is 24.7 Å². The molecular formula is C11H21ClN4O. The van der Waals surface area contributed by atoms with Gasteiger partial charge in [0.25, 0.3) is 0 Å². The zero-order valence-corrected chi connectivity index (χ0v) is 11.4. The van der Waals surface area contributed by atoms with Crippen LogP contribution in [0.25, 0.3) is 0 Å². The van der Waals surface area contributed by atoms with Gasteiger partial charge in [-0.3, -0.25) is 9.48 Å². The Labute approximate surface area is 108 Å². The largest absolute Gasteiger partial charge is 0.355 e. The third kappa shape index (κ3) is 5.19. The van der Waals surface area contributed by atoms with Crippen LogP contribution >= 0.6 is 12.4 Å². The minimum absolute atomic E-state index is 0. The number of hydrogen-bond donors (Lipinski definition) is 2. The lowest BCUT2D eigenvalue weighted by atomic mass is 10.3. The Bertz CT molecular complexity index is 362. The molecule has 6 heteroatoms. The first-order chi connectivity index (χ1) is 7.50. The normalized spacial score (nSPS) is 11.8. The van der Waals surface area contributed by atoms with Gasteiger partial charge in [-0.25, -0.2) is 0 Å². The summed E-state index contributed by atoms with van der Waals surface area (Å²) < 4.78 is 1.95. The van der Waals surface area contributed by atoms with Crippen LogP contribution in [-0.4, -0.2) is 28.3 Å². The van der Waals surface area contributed by atoms with Gasteiger partial charge in [-0.15, -0.1) is 12.4 Å². The summed E-state index contributed by atoms with van der Waals surface area (Å²) in [6.07, 6.45) is 0.862. The third-order valence-electron chi connectivity index (χ3n) is 2.36. The van der Waals surface area contributed by atoms with Crippen molar-refractivity contribution in [3.05, 3.63) is 17.5 Å². The van der Waals surface area contributed by atoms with E-state index in [2.05, 4.69) is 10.4 Å². The molecule has 0 aliphatic carbocycles. The summed E-state index contributed by atoms with van der Waals surface area (Å²) in [6, 6.07) is 1.61. The average Bonchev–Trinajstić information content (AvgIpc) is 2.51. The van der Waals surface area contributed by atoms with Gasteiger partial charge in [0.2, 0.25) is 5.91 Å². The molecule has 0 fully saturated rings. The molecule has 0 saturated carbocycles. The number of nitrogens with one attached hydrogen (secondary N) is 1. The highest BCUT2D eigenvalue weighted by Crippen LogP contribution is 2.02. The molecule has 1 unspecified atom stereocenters. The first-order valence-electron chi connectivity index (χ1n) is 5.55. The van der Waals surface area contributed by atoms with Crippen LogP contribution in [0.3, 0.4) is 0 Å². The number of aryl methyl sites for hydroxylation is 3. The Hall–Kier alpha value is -1.07. The van der Waals surface area contributed by atoms with Crippen molar-refractivity contribution in [2.75, 3.05) is 6.54 Å². The van der Waals surface area contributed by atoms with Crippen molar-refractivity contribution in [3.63, 3.8) is 0 Å². The van der Waals surface area contributed by atoms with Gasteiger partial charge in [0, 0.05) is 18.8 Å². The van der Waals surface area contributed by atoms with Gasteiger partial charge in [0.1, 0.15) is 0 Å². The Morgan fingerprint density at radius 1 is 1.59 bits per heavy atom. The van der Waals surface area contributed by atoms with E-state index < -0.39 is 6.04 Å². The molecule has 98 valence electrons. The molecule has 0 aromatic carbocycles. The quantitative estimate of drug-likeness (QED) is 0.769. The molecule has 0 saturated heterocycles. The van der Waals surface area contributed by atoms with E-state index in [4.69, 9.17) is 5.73 Å². The van der Waals surface area contributed by atoms with Gasteiger partial charge in [0.05, 0.1) is 11.7 Å². The number of aromatic nitrogens is 2. The van der Waals surface area contributed by atoms with Crippen LogP contribution in [0.5, 0.6) is 0 Å². The van der Waals surface area contributed by atoms with E-state index in [9.17, 15) is 4.79 Å². The maximum Gasteiger partial charge on any atom is 0.236 e. The molecule has 1 aromatic heterocycles. The van der Waals surface area contributed by atoms with Gasteiger partial charge in [-0.2, -0.15) is 5.10 Å². The zero-order valence-electron chi connectivity index (χ0n) is 10.6. The zero-order chi connectivity index (χ0) is 12.1. The van der Waals surface area contributed by atoms with E-state index in [0.29, 0.717) is 6.54 Å². The number of hydrogen-bond acceptors (Lipinski definition) is 3. The molecule has 0 bridgehead atoms. The van der Waals surface area contributed by atoms with Gasteiger partial charge >= 0.3 is 0 Å². The minimum atomic E-state index is -0.436. The summed E-state index contributed by atoms with van der Waals surface area (Å²) in [4.78, 5) is 11.2. The standard InChI is InChI=1S/C11H20N4O.ClH/c1-8-7-9(2)15(14-8)6-4-5-13-11(16)10(3)12;/h7,10H,4-6,12H2,1-3H3,(H,13,16);1H. The number of carbonyl (C=O) groups excluding carboxylic acids is 1. The maximum atomic E-state index is 11.2. The molecule has 17 heavy (non-hydrogen) atoms. The predicted molar refractivity (Wildman–Crippen MR) is 70.2 cm³/mol. The first kappa shape index (κ1) is 15.9. The van der Waals surface area contributed by atoms with Crippen molar-refractivity contribution < 1.29 is 4.79 Å². The summed E-state index contributed by atoms with van der Waals surface area (Å²) in [5.74, 6) is -0.103. The minimum Gasteiger partial charge on any atom is -0.355 e. The fourth-order valence-electron chi connectivity index (χ4n) is 1.50. The van der Waals surface area contributed by atoms with E-state index >= 15 is 0 Å². The lowest BCUT2D eigenvalue weighted by molar-refractivity contribution is -0.121. The van der Waals surface area contributed by atoms with Crippen LogP contribution < -0.4 is 11.1 Å². The molecule has 1 heterocycles. The number of nitrogens with two attached hydrogens (primary N) is 1. The Morgan fingerprint density at radius 2 is 2.24 bits per heavy atom. The van der Waals surface area contributed by atoms with Crippen LogP contribution in [-0.2, 0) is 11.3 Å². The summed E-state index contributed by atoms with van der Waals surface area (Å²) in [5.41, 5.74) is 7.60. The Balaban J connectivity index is 0.00000256. The molecule has 5 nitrogen and oxygen atoms in total. The Kier molecular flexibility index (Phi) is 6.83. The summed E-state index contributed by atoms with van der Waals surface area (Å²) in [6.45, 7) is 7.13. The van der Waals surface area contributed by atoms with Crippen LogP contribution in [0.2, 0.25) is 0 Å². The van der Waals surface area contributed by atoms with E-state index in [1.165, 1.54) is 0 Å². The average molecular weight is 261 g/mol. The molecule has 1 amide bonds. The van der Waals surface area contributed by atoms with Crippen molar-refractivity contribution in [3.8, 4) is 0 Å². The Morgan fingerprint density at radius 3 is 2.71 bits per heavy atom. The fraction of sp³-hybridized carbons (Fsp3) is 0.636. The molecule has 3 N–H and O–H groups in total. The lowest BCUT2D eigenvalue weighted by Gasteiger charge is -2.08. The summed E-state index contributed by atoms with van der Waals surface area (Å²) in [5, 5.41) is 7.11. The highest BCUT2D eigenvalue weighted by Gasteiger charge is 2.05. The molecule has 0 spiro atoms. The highest BCUT2D eigenvalue weighted by atomic mass is 35.5. The summed E-state index contributed by atoms with van der Waals surface area (Å²) >= 11 is 0. The van der Waals surface area contributed by atoms with Gasteiger partial charge in [-0.05, 0) is 33.3 Å². The van der Waals surface area contributed by atoms with Crippen LogP contribution in [0.15, 0.2) is 6.07 Å². The van der Waals surface area contributed by atoms with E-state index in [-0.39, 0.29) is 18.3 Å². The second-order valence-electron chi connectivity index (χ2n) is 4.08. The number of carbonyl (C=O) groups is 1. The molecular weight excluding hydrogens is 240 g/mol. The van der Waals surface area contributed by atoms with Crippen molar-refractivity contribution >= 4 is 18.3 Å². The number of rotatable bonds is 5. The van der Waals surface area contributed by atoms with Crippen molar-refractivity contribution in [1.82, 2.24) is 15.1 Å². The van der Waals surface area contributed by atoms with Crippen molar-refractivity contribution in [2.45, 2.75) is 39.8 Å². The van der Waals surface area contributed by atoms with Gasteiger partial charge in [0.15, 0.2) is 0 Å². The SMILES string of the molecule is Cc1cc(C)n(CCCNC(=O)C(C)N)n1.Cl. The molecule has 1 atom stereocenters. The van der Waals surface area contributed by atoms with E-state index in [1.54, 1.807) is 6.92 Å². The predicted octanol–water partition coefficient (Wildman–Crippen LogP) is 0.775. The van der Waals surface area contributed by atoms with Crippen molar-refractivity contribution in [2.24, 2.45) is 5.73 Å². The number of halogens is 1. The first-order valence-corrected chi connectivity index (χ1v) is 5.55. The van der Waals surface area contributed by atoms with E-state index in [0.717, 1.165) is 24.4 Å². The second-order valence-corrected chi connectivity index (χ2v) is 4.08. The van der Waals surface area contributed by atoms with Crippen LogP contribution in [0.4, 0.5) is 0 Å². The van der Waals surface area contributed by atoms with E-state index in [1.807, 2.05) is 24.6 Å². The molecule has 0 aliphatic rings. The number of amides is 1. The maximum absolute atomic E-state index is 11.2.